The van der Waals surface area contributed by atoms with E-state index in [4.69, 9.17) is 33.7 Å². The van der Waals surface area contributed by atoms with E-state index in [1.165, 1.54) is 12.1 Å². The number of nitrogens with two attached hydrogens (primary N) is 1. The number of carbonyl (C=O) groups excluding carboxylic acids is 2. The van der Waals surface area contributed by atoms with E-state index in [2.05, 4.69) is 14.6 Å². The Kier molecular flexibility index (Phi) is 12.1. The highest BCUT2D eigenvalue weighted by Gasteiger charge is 2.47. The lowest BCUT2D eigenvalue weighted by molar-refractivity contribution is -0.144. The summed E-state index contributed by atoms with van der Waals surface area (Å²) < 4.78 is 36.8. The van der Waals surface area contributed by atoms with Crippen LogP contribution in [0.25, 0.3) is 10.9 Å². The van der Waals surface area contributed by atoms with Crippen LogP contribution in [0.2, 0.25) is 10.0 Å². The van der Waals surface area contributed by atoms with Crippen LogP contribution in [-0.4, -0.2) is 98.3 Å². The number of carbonyl (C=O) groups is 2. The number of nitrogens with zero attached hydrogens (tertiary/aromatic N) is 4. The first kappa shape index (κ1) is 37.3. The maximum atomic E-state index is 14.1. The zero-order valence-corrected chi connectivity index (χ0v) is 30.7. The number of hydrogen-bond donors (Lipinski definition) is 2. The average Bonchev–Trinajstić information content (AvgIpc) is 3.54. The first-order valence-electron chi connectivity index (χ1n) is 16.8. The lowest BCUT2D eigenvalue weighted by Gasteiger charge is -2.40. The highest BCUT2D eigenvalue weighted by molar-refractivity contribution is 7.89. The van der Waals surface area contributed by atoms with E-state index in [0.717, 1.165) is 30.5 Å². The summed E-state index contributed by atoms with van der Waals surface area (Å²) in [5, 5.41) is 1.07. The first-order valence-corrected chi connectivity index (χ1v) is 19.0. The molecular weight excluding hydrogens is 687 g/mol. The summed E-state index contributed by atoms with van der Waals surface area (Å²) in [5.41, 5.74) is 6.71. The van der Waals surface area contributed by atoms with Crippen LogP contribution in [-0.2, 0) is 26.2 Å². The van der Waals surface area contributed by atoms with Crippen molar-refractivity contribution in [3.63, 3.8) is 0 Å². The van der Waals surface area contributed by atoms with Crippen LogP contribution in [0.5, 0.6) is 5.75 Å². The summed E-state index contributed by atoms with van der Waals surface area (Å²) >= 11 is 13.3. The van der Waals surface area contributed by atoms with Crippen LogP contribution < -0.4 is 15.2 Å². The van der Waals surface area contributed by atoms with Crippen molar-refractivity contribution in [2.24, 2.45) is 5.73 Å². The van der Waals surface area contributed by atoms with Gasteiger partial charge in [-0.15, -0.1) is 0 Å². The van der Waals surface area contributed by atoms with E-state index in [9.17, 15) is 18.0 Å². The summed E-state index contributed by atoms with van der Waals surface area (Å²) in [7, 11) is -0.246. The van der Waals surface area contributed by atoms with Crippen molar-refractivity contribution < 1.29 is 22.7 Å². The standard InChI is InChI=1S/C35H46Cl2N6O5S/c1-24-12-13-25-9-8-11-29(32(25)39-24)48-23-26-27(36)14-15-30(31(26)37)49(46,47)40-35(16-5-6-17-35)34(45)43-21-19-42(20-22-43)33(44)28(38)10-4-7-18-41(2)3/h8-9,11-15,28,40H,4-7,10,16-23,38H2,1-3H3. The molecule has 2 amide bonds. The lowest BCUT2D eigenvalue weighted by Crippen LogP contribution is -2.62. The van der Waals surface area contributed by atoms with Crippen molar-refractivity contribution in [3.05, 3.63) is 63.8 Å². The molecule has 266 valence electrons. The molecular formula is C35H46Cl2N6O5S. The molecule has 3 N–H and O–H groups in total. The van der Waals surface area contributed by atoms with Gasteiger partial charge < -0.3 is 25.2 Å². The molecule has 14 heteroatoms. The second-order valence-corrected chi connectivity index (χ2v) is 15.8. The van der Waals surface area contributed by atoms with Crippen molar-refractivity contribution >= 4 is 55.9 Å². The van der Waals surface area contributed by atoms with Crippen molar-refractivity contribution in [2.75, 3.05) is 46.8 Å². The molecule has 2 aliphatic rings. The second kappa shape index (κ2) is 15.9. The van der Waals surface area contributed by atoms with Crippen molar-refractivity contribution in [2.45, 2.75) is 75.0 Å². The molecule has 0 bridgehead atoms. The minimum absolute atomic E-state index is 0.0739. The minimum atomic E-state index is -4.27. The van der Waals surface area contributed by atoms with Gasteiger partial charge in [0.25, 0.3) is 0 Å². The first-order chi connectivity index (χ1) is 23.3. The van der Waals surface area contributed by atoms with Crippen LogP contribution in [0.15, 0.2) is 47.4 Å². The molecule has 0 radical (unpaired) electrons. The summed E-state index contributed by atoms with van der Waals surface area (Å²) in [6.45, 7) is 4.02. The summed E-state index contributed by atoms with van der Waals surface area (Å²) in [5.74, 6) is 0.109. The third-order valence-corrected chi connectivity index (χ3v) is 11.9. The van der Waals surface area contributed by atoms with Crippen LogP contribution in [0.1, 0.15) is 56.2 Å². The second-order valence-electron chi connectivity index (χ2n) is 13.3. The number of benzene rings is 2. The van der Waals surface area contributed by atoms with Crippen molar-refractivity contribution in [1.82, 2.24) is 24.4 Å². The number of unbranched alkanes of at least 4 members (excludes halogenated alkanes) is 1. The van der Waals surface area contributed by atoms with Gasteiger partial charge in [-0.25, -0.2) is 13.4 Å². The SMILES string of the molecule is Cc1ccc2cccc(OCc3c(Cl)ccc(S(=O)(=O)NC4(C(=O)N5CCN(C(=O)C(N)CCCCN(C)C)CC5)CCCC4)c3Cl)c2n1. The third-order valence-electron chi connectivity index (χ3n) is 9.40. The smallest absolute Gasteiger partial charge is 0.243 e. The number of ether oxygens (including phenoxy) is 1. The van der Waals surface area contributed by atoms with Gasteiger partial charge in [0, 0.05) is 47.8 Å². The van der Waals surface area contributed by atoms with Gasteiger partial charge in [-0.1, -0.05) is 60.7 Å². The molecule has 2 heterocycles. The quantitative estimate of drug-likeness (QED) is 0.240. The van der Waals surface area contributed by atoms with Gasteiger partial charge in [0.1, 0.15) is 28.3 Å². The number of halogens is 2. The Labute approximate surface area is 299 Å². The molecule has 1 unspecified atom stereocenters. The van der Waals surface area contributed by atoms with E-state index < -0.39 is 21.6 Å². The highest BCUT2D eigenvalue weighted by atomic mass is 35.5. The predicted octanol–water partition coefficient (Wildman–Crippen LogP) is 4.75. The molecule has 11 nitrogen and oxygen atoms in total. The zero-order valence-electron chi connectivity index (χ0n) is 28.4. The maximum Gasteiger partial charge on any atom is 0.243 e. The Morgan fingerprint density at radius 2 is 1.71 bits per heavy atom. The van der Waals surface area contributed by atoms with Crippen molar-refractivity contribution in [3.8, 4) is 5.75 Å². The minimum Gasteiger partial charge on any atom is -0.487 e. The molecule has 49 heavy (non-hydrogen) atoms. The van der Waals surface area contributed by atoms with Crippen molar-refractivity contribution in [1.29, 1.82) is 0 Å². The molecule has 1 aliphatic heterocycles. The lowest BCUT2D eigenvalue weighted by atomic mass is 9.96. The molecule has 3 aromatic rings. The molecule has 1 saturated heterocycles. The predicted molar refractivity (Wildman–Crippen MR) is 192 cm³/mol. The number of sulfonamides is 1. The number of aromatic nitrogens is 1. The Hall–Kier alpha value is -3.00. The number of nitrogens with one attached hydrogen (secondary N) is 1. The van der Waals surface area contributed by atoms with E-state index in [1.807, 2.05) is 45.3 Å². The molecule has 0 spiro atoms. The topological polar surface area (TPSA) is 138 Å². The molecule has 1 saturated carbocycles. The van der Waals surface area contributed by atoms with Gasteiger partial charge in [-0.3, -0.25) is 9.59 Å². The molecule has 1 aliphatic carbocycles. The fourth-order valence-corrected chi connectivity index (χ4v) is 8.94. The van der Waals surface area contributed by atoms with E-state index >= 15 is 0 Å². The fraction of sp³-hybridized carbons (Fsp3) is 0.514. The van der Waals surface area contributed by atoms with E-state index in [0.29, 0.717) is 75.1 Å². The molecule has 1 atom stereocenters. The summed E-state index contributed by atoms with van der Waals surface area (Å²) in [4.78, 5) is 36.9. The molecule has 1 aromatic heterocycles. The van der Waals surface area contributed by atoms with Gasteiger partial charge in [-0.2, -0.15) is 4.72 Å². The Balaban J connectivity index is 1.26. The number of hydrogen-bond acceptors (Lipinski definition) is 8. The monoisotopic (exact) mass is 732 g/mol. The number of para-hydroxylation sites is 1. The number of amides is 2. The van der Waals surface area contributed by atoms with Gasteiger partial charge in [0.2, 0.25) is 21.8 Å². The van der Waals surface area contributed by atoms with Gasteiger partial charge >= 0.3 is 0 Å². The molecule has 2 fully saturated rings. The van der Waals surface area contributed by atoms with Crippen LogP contribution in [0.3, 0.4) is 0 Å². The number of aryl methyl sites for hydroxylation is 1. The zero-order chi connectivity index (χ0) is 35.3. The van der Waals surface area contributed by atoms with E-state index in [1.54, 1.807) is 15.9 Å². The fourth-order valence-electron chi connectivity index (χ4n) is 6.63. The third kappa shape index (κ3) is 8.66. The molecule has 2 aromatic carbocycles. The molecule has 5 rings (SSSR count). The number of piperazine rings is 1. The van der Waals surface area contributed by atoms with Gasteiger partial charge in [0.15, 0.2) is 0 Å². The van der Waals surface area contributed by atoms with Crippen LogP contribution >= 0.6 is 23.2 Å². The van der Waals surface area contributed by atoms with Gasteiger partial charge in [0.05, 0.1) is 11.1 Å². The Bertz CT molecular complexity index is 1780. The number of pyridine rings is 1. The van der Waals surface area contributed by atoms with Crippen LogP contribution in [0, 0.1) is 6.92 Å². The number of rotatable bonds is 13. The van der Waals surface area contributed by atoms with Gasteiger partial charge in [-0.05, 0) is 77.5 Å². The number of fused-ring (bicyclic) bond motifs is 1. The van der Waals surface area contributed by atoms with E-state index in [-0.39, 0.29) is 33.4 Å². The van der Waals surface area contributed by atoms with Crippen LogP contribution in [0.4, 0.5) is 0 Å². The largest absolute Gasteiger partial charge is 0.487 e. The Morgan fingerprint density at radius 1 is 1.02 bits per heavy atom. The summed E-state index contributed by atoms with van der Waals surface area (Å²) in [6.07, 6.45) is 4.54. The summed E-state index contributed by atoms with van der Waals surface area (Å²) in [6, 6.07) is 11.7. The average molecular weight is 734 g/mol. The maximum absolute atomic E-state index is 14.1. The normalized spacial score (nSPS) is 17.1. The Morgan fingerprint density at radius 3 is 2.41 bits per heavy atom. The highest BCUT2D eigenvalue weighted by Crippen LogP contribution is 2.37.